The van der Waals surface area contributed by atoms with E-state index in [0.29, 0.717) is 44.3 Å². The number of thioether (sulfide) groups is 1. The molecule has 2 heterocycles. The van der Waals surface area contributed by atoms with Crippen LogP contribution < -0.4 is 14.4 Å². The maximum atomic E-state index is 13.6. The molecule has 1 amide bonds. The highest BCUT2D eigenvalue weighted by atomic mass is 35.5. The van der Waals surface area contributed by atoms with Crippen molar-refractivity contribution in [2.75, 3.05) is 18.6 Å². The van der Waals surface area contributed by atoms with Crippen molar-refractivity contribution in [2.24, 2.45) is 0 Å². The largest absolute Gasteiger partial charge is 0.507 e. The van der Waals surface area contributed by atoms with Crippen molar-refractivity contribution in [1.29, 1.82) is 0 Å². The minimum absolute atomic E-state index is 0.0406. The van der Waals surface area contributed by atoms with Crippen LogP contribution in [0.25, 0.3) is 5.76 Å². The number of carbonyl (C=O) groups excluding carboxylic acids is 2. The average molecular weight is 636 g/mol. The van der Waals surface area contributed by atoms with E-state index < -0.39 is 17.7 Å². The number of hydrogen-bond donors (Lipinski definition) is 1. The molecule has 3 aromatic carbocycles. The molecule has 5 rings (SSSR count). The summed E-state index contributed by atoms with van der Waals surface area (Å²) in [6.45, 7) is 4.53. The number of ether oxygens (including phenoxy) is 2. The summed E-state index contributed by atoms with van der Waals surface area (Å²) >= 11 is 8.67. The quantitative estimate of drug-likeness (QED) is 0.0449. The molecule has 1 aromatic heterocycles. The van der Waals surface area contributed by atoms with Crippen molar-refractivity contribution in [3.05, 3.63) is 99.6 Å². The van der Waals surface area contributed by atoms with Crippen molar-refractivity contribution in [3.63, 3.8) is 0 Å². The molecule has 0 saturated carbocycles. The van der Waals surface area contributed by atoms with Gasteiger partial charge in [-0.1, -0.05) is 96.1 Å². The highest BCUT2D eigenvalue weighted by molar-refractivity contribution is 8.00. The number of nitrogens with zero attached hydrogens (tertiary/aromatic N) is 3. The highest BCUT2D eigenvalue weighted by Gasteiger charge is 2.48. The molecule has 0 spiro atoms. The molecule has 1 atom stereocenters. The van der Waals surface area contributed by atoms with Crippen molar-refractivity contribution >= 4 is 57.3 Å². The van der Waals surface area contributed by atoms with Crippen molar-refractivity contribution < 1.29 is 24.2 Å². The van der Waals surface area contributed by atoms with Crippen LogP contribution in [-0.2, 0) is 15.3 Å². The van der Waals surface area contributed by atoms with E-state index in [9.17, 15) is 14.7 Å². The first-order valence-electron chi connectivity index (χ1n) is 13.7. The molecule has 0 bridgehead atoms. The molecule has 1 aliphatic rings. The predicted molar refractivity (Wildman–Crippen MR) is 170 cm³/mol. The Balaban J connectivity index is 1.55. The zero-order valence-corrected chi connectivity index (χ0v) is 26.3. The molecule has 43 heavy (non-hydrogen) atoms. The Kier molecular flexibility index (Phi) is 9.69. The third-order valence-electron chi connectivity index (χ3n) is 6.91. The van der Waals surface area contributed by atoms with Crippen molar-refractivity contribution in [2.45, 2.75) is 42.8 Å². The van der Waals surface area contributed by atoms with E-state index in [4.69, 9.17) is 21.1 Å². The van der Waals surface area contributed by atoms with E-state index in [1.165, 1.54) is 35.1 Å². The SMILES string of the molecule is CCCCOc1ccc(C2/C(=C(/O)c3ccc(C)cc3)C(=O)C(=O)N2c2nnc(SCc3ccc(Cl)cc3)s2)cc1OC. The Morgan fingerprint density at radius 3 is 2.49 bits per heavy atom. The molecule has 0 aliphatic carbocycles. The summed E-state index contributed by atoms with van der Waals surface area (Å²) in [5.74, 6) is -0.256. The van der Waals surface area contributed by atoms with E-state index in [0.717, 1.165) is 24.0 Å². The number of amides is 1. The summed E-state index contributed by atoms with van der Waals surface area (Å²) < 4.78 is 12.2. The summed E-state index contributed by atoms with van der Waals surface area (Å²) in [6.07, 6.45) is 1.87. The van der Waals surface area contributed by atoms with Crippen LogP contribution in [0.2, 0.25) is 5.02 Å². The first kappa shape index (κ1) is 30.6. The monoisotopic (exact) mass is 635 g/mol. The van der Waals surface area contributed by atoms with Gasteiger partial charge in [-0.15, -0.1) is 10.2 Å². The molecule has 1 fully saturated rings. The number of hydrogen-bond acceptors (Lipinski definition) is 9. The molecule has 11 heteroatoms. The first-order chi connectivity index (χ1) is 20.8. The fourth-order valence-electron chi connectivity index (χ4n) is 4.60. The van der Waals surface area contributed by atoms with Gasteiger partial charge < -0.3 is 14.6 Å². The van der Waals surface area contributed by atoms with Crippen LogP contribution in [0.3, 0.4) is 0 Å². The maximum Gasteiger partial charge on any atom is 0.301 e. The smallest absolute Gasteiger partial charge is 0.301 e. The summed E-state index contributed by atoms with van der Waals surface area (Å²) in [7, 11) is 1.53. The summed E-state index contributed by atoms with van der Waals surface area (Å²) in [4.78, 5) is 28.5. The lowest BCUT2D eigenvalue weighted by molar-refractivity contribution is -0.132. The van der Waals surface area contributed by atoms with Gasteiger partial charge in [-0.05, 0) is 48.7 Å². The lowest BCUT2D eigenvalue weighted by Gasteiger charge is -2.23. The number of aryl methyl sites for hydroxylation is 1. The second kappa shape index (κ2) is 13.6. The van der Waals surface area contributed by atoms with E-state index in [1.807, 2.05) is 43.3 Å². The van der Waals surface area contributed by atoms with E-state index >= 15 is 0 Å². The topological polar surface area (TPSA) is 102 Å². The Morgan fingerprint density at radius 2 is 1.79 bits per heavy atom. The minimum atomic E-state index is -0.970. The van der Waals surface area contributed by atoms with Gasteiger partial charge >= 0.3 is 5.91 Å². The van der Waals surface area contributed by atoms with Crippen LogP contribution in [0.5, 0.6) is 11.5 Å². The van der Waals surface area contributed by atoms with Crippen LogP contribution >= 0.6 is 34.7 Å². The third kappa shape index (κ3) is 6.71. The molecular formula is C32H30ClN3O5S2. The molecule has 1 N–H and O–H groups in total. The first-order valence-corrected chi connectivity index (χ1v) is 15.9. The van der Waals surface area contributed by atoms with Crippen LogP contribution in [0.15, 0.2) is 76.6 Å². The van der Waals surface area contributed by atoms with E-state index in [1.54, 1.807) is 30.3 Å². The molecule has 8 nitrogen and oxygen atoms in total. The van der Waals surface area contributed by atoms with Gasteiger partial charge in [0.2, 0.25) is 5.13 Å². The van der Waals surface area contributed by atoms with Gasteiger partial charge in [0, 0.05) is 16.3 Å². The number of rotatable bonds is 11. The number of anilines is 1. The second-order valence-electron chi connectivity index (χ2n) is 9.91. The second-order valence-corrected chi connectivity index (χ2v) is 12.5. The Labute approximate surface area is 263 Å². The molecule has 222 valence electrons. The summed E-state index contributed by atoms with van der Waals surface area (Å²) in [5, 5.41) is 20.9. The lowest BCUT2D eigenvalue weighted by Crippen LogP contribution is -2.29. The third-order valence-corrected chi connectivity index (χ3v) is 9.28. The number of aliphatic hydroxyl groups is 1. The highest BCUT2D eigenvalue weighted by Crippen LogP contribution is 2.45. The van der Waals surface area contributed by atoms with Crippen LogP contribution in [0, 0.1) is 6.92 Å². The van der Waals surface area contributed by atoms with Gasteiger partial charge in [-0.3, -0.25) is 14.5 Å². The van der Waals surface area contributed by atoms with Gasteiger partial charge in [0.1, 0.15) is 5.76 Å². The number of halogens is 1. The normalized spacial score (nSPS) is 16.1. The Bertz CT molecular complexity index is 1650. The molecule has 4 aromatic rings. The van der Waals surface area contributed by atoms with Crippen LogP contribution in [0.1, 0.15) is 48.1 Å². The van der Waals surface area contributed by atoms with Gasteiger partial charge in [0.05, 0.1) is 25.3 Å². The van der Waals surface area contributed by atoms with Gasteiger partial charge in [0.15, 0.2) is 15.8 Å². The number of ketones is 1. The maximum absolute atomic E-state index is 13.6. The van der Waals surface area contributed by atoms with Gasteiger partial charge in [0.25, 0.3) is 5.78 Å². The fraction of sp³-hybridized carbons (Fsp3) is 0.250. The predicted octanol–water partition coefficient (Wildman–Crippen LogP) is 7.61. The Morgan fingerprint density at radius 1 is 1.05 bits per heavy atom. The standard InChI is InChI=1S/C32H30ClN3O5S2/c1-4-5-16-41-24-15-12-22(17-25(24)40-3)27-26(28(37)21-10-6-19(2)7-11-21)29(38)30(39)36(27)31-34-35-32(43-31)42-18-20-8-13-23(33)14-9-20/h6-15,17,27,37H,4-5,16,18H2,1-3H3/b28-26-. The summed E-state index contributed by atoms with van der Waals surface area (Å²) in [5.41, 5.74) is 2.99. The number of carbonyl (C=O) groups is 2. The van der Waals surface area contributed by atoms with Crippen LogP contribution in [0.4, 0.5) is 5.13 Å². The number of aromatic nitrogens is 2. The van der Waals surface area contributed by atoms with Crippen molar-refractivity contribution in [1.82, 2.24) is 10.2 Å². The summed E-state index contributed by atoms with van der Waals surface area (Å²) in [6, 6.07) is 18.9. The van der Waals surface area contributed by atoms with Crippen LogP contribution in [-0.4, -0.2) is 40.7 Å². The average Bonchev–Trinajstić information content (AvgIpc) is 3.59. The van der Waals surface area contributed by atoms with Gasteiger partial charge in [-0.2, -0.15) is 0 Å². The molecular weight excluding hydrogens is 606 g/mol. The molecule has 1 aliphatic heterocycles. The minimum Gasteiger partial charge on any atom is -0.507 e. The van der Waals surface area contributed by atoms with Crippen molar-refractivity contribution in [3.8, 4) is 11.5 Å². The fourth-order valence-corrected chi connectivity index (χ4v) is 6.55. The molecule has 1 unspecified atom stereocenters. The molecule has 1 saturated heterocycles. The Hall–Kier alpha value is -3.86. The molecule has 0 radical (unpaired) electrons. The van der Waals surface area contributed by atoms with E-state index in [-0.39, 0.29) is 16.5 Å². The number of Topliss-reactive ketones (excluding diaryl/α,β-unsaturated/α-hetero) is 1. The number of benzene rings is 3. The number of methoxy groups -OCH3 is 1. The number of aliphatic hydroxyl groups excluding tert-OH is 1. The lowest BCUT2D eigenvalue weighted by atomic mass is 9.95. The van der Waals surface area contributed by atoms with Gasteiger partial charge in [-0.25, -0.2) is 0 Å². The number of unbranched alkanes of at least 4 members (excludes halogenated alkanes) is 1. The zero-order valence-electron chi connectivity index (χ0n) is 23.9. The zero-order chi connectivity index (χ0) is 30.5. The van der Waals surface area contributed by atoms with E-state index in [2.05, 4.69) is 17.1 Å².